The van der Waals surface area contributed by atoms with E-state index in [0.29, 0.717) is 15.6 Å². The number of carbonyl (C=O) groups excluding carboxylic acids is 2. The van der Waals surface area contributed by atoms with Crippen molar-refractivity contribution in [1.29, 1.82) is 0 Å². The van der Waals surface area contributed by atoms with Crippen molar-refractivity contribution in [3.63, 3.8) is 0 Å². The summed E-state index contributed by atoms with van der Waals surface area (Å²) >= 11 is 0.959. The van der Waals surface area contributed by atoms with Gasteiger partial charge in [0, 0.05) is 0 Å². The molecule has 0 spiro atoms. The van der Waals surface area contributed by atoms with Gasteiger partial charge in [-0.25, -0.2) is 4.79 Å². The molecule has 0 aliphatic carbocycles. The van der Waals surface area contributed by atoms with Crippen LogP contribution in [-0.4, -0.2) is 22.9 Å². The van der Waals surface area contributed by atoms with Crippen molar-refractivity contribution in [2.45, 2.75) is 0 Å². The first-order chi connectivity index (χ1) is 10.1. The molecule has 2 aromatic heterocycles. The van der Waals surface area contributed by atoms with Gasteiger partial charge in [-0.2, -0.15) is 3.96 Å². The first kappa shape index (κ1) is 13.3. The van der Waals surface area contributed by atoms with Gasteiger partial charge < -0.3 is 9.15 Å². The van der Waals surface area contributed by atoms with E-state index >= 15 is 0 Å². The van der Waals surface area contributed by atoms with Crippen molar-refractivity contribution in [3.05, 3.63) is 58.3 Å². The molecule has 0 saturated carbocycles. The summed E-state index contributed by atoms with van der Waals surface area (Å²) < 4.78 is 11.2. The molecule has 0 aliphatic rings. The minimum Gasteiger partial charge on any atom is -0.465 e. The molecule has 0 saturated heterocycles. The number of nitrogens with zero attached hydrogens (tertiary/aromatic N) is 1. The monoisotopic (exact) mass is 303 g/mol. The van der Waals surface area contributed by atoms with Crippen LogP contribution in [0, 0.1) is 0 Å². The maximum Gasteiger partial charge on any atom is 0.337 e. The fraction of sp³-hybridized carbons (Fsp3) is 0.0714. The van der Waals surface area contributed by atoms with E-state index in [2.05, 4.69) is 4.74 Å². The van der Waals surface area contributed by atoms with Crippen molar-refractivity contribution < 1.29 is 18.7 Å². The van der Waals surface area contributed by atoms with E-state index in [1.807, 2.05) is 0 Å². The Bertz CT molecular complexity index is 888. The van der Waals surface area contributed by atoms with E-state index < -0.39 is 17.4 Å². The first-order valence-electron chi connectivity index (χ1n) is 5.94. The number of methoxy groups -OCH3 is 1. The fourth-order valence-electron chi connectivity index (χ4n) is 1.90. The standard InChI is InChI=1S/C14H9NO5S/c1-19-14(18)8-4-5-9-11(7-8)21-15(12(9)16)13(17)10-3-2-6-20-10/h2-7H,1H3. The third kappa shape index (κ3) is 2.17. The average molecular weight is 303 g/mol. The molecule has 0 aliphatic heterocycles. The molecule has 6 nitrogen and oxygen atoms in total. The zero-order valence-corrected chi connectivity index (χ0v) is 11.7. The highest BCUT2D eigenvalue weighted by Gasteiger charge is 2.18. The number of hydrogen-bond acceptors (Lipinski definition) is 6. The van der Waals surface area contributed by atoms with Gasteiger partial charge in [-0.3, -0.25) is 9.59 Å². The molecule has 0 fully saturated rings. The Kier molecular flexibility index (Phi) is 3.19. The Morgan fingerprint density at radius 2 is 2.10 bits per heavy atom. The van der Waals surface area contributed by atoms with Crippen molar-refractivity contribution >= 4 is 33.5 Å². The number of carbonyl (C=O) groups is 2. The lowest BCUT2D eigenvalue weighted by Crippen LogP contribution is -2.21. The van der Waals surface area contributed by atoms with E-state index in [1.54, 1.807) is 6.07 Å². The molecule has 0 amide bonds. The van der Waals surface area contributed by atoms with Gasteiger partial charge in [0.15, 0.2) is 5.76 Å². The van der Waals surface area contributed by atoms with Crippen LogP contribution in [0.3, 0.4) is 0 Å². The summed E-state index contributed by atoms with van der Waals surface area (Å²) in [5.74, 6) is -0.954. The molecular formula is C14H9NO5S. The van der Waals surface area contributed by atoms with Crippen LogP contribution in [0.15, 0.2) is 45.8 Å². The lowest BCUT2D eigenvalue weighted by Gasteiger charge is -1.97. The van der Waals surface area contributed by atoms with Crippen LogP contribution in [0.25, 0.3) is 10.1 Å². The number of rotatable bonds is 2. The minimum atomic E-state index is -0.536. The van der Waals surface area contributed by atoms with Gasteiger partial charge >= 0.3 is 11.9 Å². The lowest BCUT2D eigenvalue weighted by atomic mass is 10.2. The third-order valence-electron chi connectivity index (χ3n) is 2.92. The maximum absolute atomic E-state index is 12.2. The van der Waals surface area contributed by atoms with Gasteiger partial charge in [0.1, 0.15) is 0 Å². The smallest absolute Gasteiger partial charge is 0.337 e. The van der Waals surface area contributed by atoms with Crippen LogP contribution >= 0.6 is 11.5 Å². The number of fused-ring (bicyclic) bond motifs is 1. The second kappa shape index (κ2) is 5.02. The van der Waals surface area contributed by atoms with Gasteiger partial charge in [0.25, 0.3) is 5.56 Å². The lowest BCUT2D eigenvalue weighted by molar-refractivity contribution is 0.0601. The van der Waals surface area contributed by atoms with Gasteiger partial charge in [0.2, 0.25) is 0 Å². The summed E-state index contributed by atoms with van der Waals surface area (Å²) in [4.78, 5) is 35.9. The van der Waals surface area contributed by atoms with Gasteiger partial charge in [-0.05, 0) is 41.9 Å². The Morgan fingerprint density at radius 1 is 1.29 bits per heavy atom. The fourth-order valence-corrected chi connectivity index (χ4v) is 2.89. The van der Waals surface area contributed by atoms with Crippen molar-refractivity contribution in [2.75, 3.05) is 7.11 Å². The predicted octanol–water partition coefficient (Wildman–Crippen LogP) is 2.13. The Morgan fingerprint density at radius 3 is 2.76 bits per heavy atom. The van der Waals surface area contributed by atoms with Crippen LogP contribution in [0.2, 0.25) is 0 Å². The summed E-state index contributed by atoms with van der Waals surface area (Å²) in [6.45, 7) is 0. The predicted molar refractivity (Wildman–Crippen MR) is 75.9 cm³/mol. The second-order valence-corrected chi connectivity index (χ2v) is 5.16. The van der Waals surface area contributed by atoms with Crippen LogP contribution in [-0.2, 0) is 4.74 Å². The number of aromatic nitrogens is 1. The summed E-state index contributed by atoms with van der Waals surface area (Å²) in [6.07, 6.45) is 1.36. The van der Waals surface area contributed by atoms with E-state index in [9.17, 15) is 14.4 Å². The Labute approximate surface area is 122 Å². The molecule has 0 N–H and O–H groups in total. The van der Waals surface area contributed by atoms with Crippen LogP contribution in [0.5, 0.6) is 0 Å². The topological polar surface area (TPSA) is 78.5 Å². The first-order valence-corrected chi connectivity index (χ1v) is 6.72. The number of furan rings is 1. The number of ether oxygens (including phenoxy) is 1. The van der Waals surface area contributed by atoms with Crippen molar-refractivity contribution in [1.82, 2.24) is 3.96 Å². The molecule has 21 heavy (non-hydrogen) atoms. The largest absolute Gasteiger partial charge is 0.465 e. The molecule has 106 valence electrons. The van der Waals surface area contributed by atoms with Crippen LogP contribution in [0.1, 0.15) is 20.9 Å². The molecule has 7 heteroatoms. The number of hydrogen-bond donors (Lipinski definition) is 0. The maximum atomic E-state index is 12.2. The summed E-state index contributed by atoms with van der Waals surface area (Å²) in [5.41, 5.74) is -0.114. The zero-order valence-electron chi connectivity index (χ0n) is 10.9. The highest BCUT2D eigenvalue weighted by atomic mass is 32.1. The summed E-state index contributed by atoms with van der Waals surface area (Å²) in [7, 11) is 1.28. The van der Waals surface area contributed by atoms with Crippen molar-refractivity contribution in [2.24, 2.45) is 0 Å². The summed E-state index contributed by atoms with van der Waals surface area (Å²) in [5, 5.41) is 0.368. The molecule has 2 heterocycles. The molecule has 0 bridgehead atoms. The summed E-state index contributed by atoms with van der Waals surface area (Å²) in [6, 6.07) is 7.58. The molecule has 3 rings (SSSR count). The number of esters is 1. The van der Waals surface area contributed by atoms with Gasteiger partial charge in [-0.15, -0.1) is 0 Å². The molecule has 1 aromatic carbocycles. The van der Waals surface area contributed by atoms with Crippen LogP contribution in [0.4, 0.5) is 0 Å². The molecular weight excluding hydrogens is 294 g/mol. The zero-order chi connectivity index (χ0) is 15.0. The van der Waals surface area contributed by atoms with Gasteiger partial charge in [-0.1, -0.05) is 0 Å². The normalized spacial score (nSPS) is 10.7. The average Bonchev–Trinajstić information content (AvgIpc) is 3.14. The third-order valence-corrected chi connectivity index (χ3v) is 3.97. The quantitative estimate of drug-likeness (QED) is 0.678. The van der Waals surface area contributed by atoms with E-state index in [-0.39, 0.29) is 5.76 Å². The van der Waals surface area contributed by atoms with E-state index in [0.717, 1.165) is 15.5 Å². The molecule has 0 atom stereocenters. The molecule has 0 unspecified atom stereocenters. The van der Waals surface area contributed by atoms with Gasteiger partial charge in [0.05, 0.1) is 29.0 Å². The molecule has 3 aromatic rings. The highest BCUT2D eigenvalue weighted by molar-refractivity contribution is 7.15. The second-order valence-electron chi connectivity index (χ2n) is 4.18. The SMILES string of the molecule is COC(=O)c1ccc2c(=O)n(C(=O)c3ccco3)sc2c1. The Balaban J connectivity index is 2.13. The van der Waals surface area contributed by atoms with E-state index in [4.69, 9.17) is 4.42 Å². The highest BCUT2D eigenvalue weighted by Crippen LogP contribution is 2.20. The number of benzene rings is 1. The molecule has 0 radical (unpaired) electrons. The van der Waals surface area contributed by atoms with Crippen molar-refractivity contribution in [3.8, 4) is 0 Å². The minimum absolute atomic E-state index is 0.0804. The Hall–Kier alpha value is -2.67. The van der Waals surface area contributed by atoms with Crippen LogP contribution < -0.4 is 5.56 Å². The van der Waals surface area contributed by atoms with E-state index in [1.165, 1.54) is 37.6 Å².